The Morgan fingerprint density at radius 1 is 1.22 bits per heavy atom. The second-order valence-corrected chi connectivity index (χ2v) is 3.96. The normalized spacial score (nSPS) is 9.78. The number of methoxy groups -OCH3 is 2. The zero-order chi connectivity index (χ0) is 13.7. The predicted octanol–water partition coefficient (Wildman–Crippen LogP) is 2.27. The number of hydrogen-bond donors (Lipinski definition) is 1. The van der Waals surface area contributed by atoms with Crippen LogP contribution < -0.4 is 14.8 Å². The Morgan fingerprint density at radius 2 is 1.78 bits per heavy atom. The summed E-state index contributed by atoms with van der Waals surface area (Å²) in [6.07, 6.45) is -0.212. The summed E-state index contributed by atoms with van der Waals surface area (Å²) in [5.41, 5.74) is 0.296. The Hall–Kier alpha value is -1.75. The smallest absolute Gasteiger partial charge is 0.231 e. The molecule has 0 heterocycles. The summed E-state index contributed by atoms with van der Waals surface area (Å²) in [6, 6.07) is 3.25. The molecule has 6 heteroatoms. The van der Waals surface area contributed by atoms with E-state index in [0.29, 0.717) is 17.2 Å². The van der Waals surface area contributed by atoms with Gasteiger partial charge in [0, 0.05) is 0 Å². The molecule has 0 radical (unpaired) electrons. The van der Waals surface area contributed by atoms with Crippen LogP contribution in [0.15, 0.2) is 12.1 Å². The fraction of sp³-hybridized carbons (Fsp3) is 0.333. The number of amides is 1. The minimum absolute atomic E-state index is 0.212. The van der Waals surface area contributed by atoms with Crippen molar-refractivity contribution in [3.05, 3.63) is 17.2 Å². The van der Waals surface area contributed by atoms with Crippen LogP contribution in [0.25, 0.3) is 0 Å². The Kier molecular flexibility index (Phi) is 4.97. The Morgan fingerprint density at radius 3 is 2.28 bits per heavy atom. The molecule has 1 aromatic carbocycles. The highest BCUT2D eigenvalue weighted by atomic mass is 35.5. The average molecular weight is 272 g/mol. The third-order valence-electron chi connectivity index (χ3n) is 2.18. The van der Waals surface area contributed by atoms with Gasteiger partial charge in [-0.15, -0.1) is 0 Å². The van der Waals surface area contributed by atoms with Crippen LogP contribution in [0.5, 0.6) is 11.5 Å². The lowest BCUT2D eigenvalue weighted by atomic mass is 10.2. The molecule has 0 fully saturated rings. The number of nitrogens with one attached hydrogen (secondary N) is 1. The fourth-order valence-corrected chi connectivity index (χ4v) is 1.67. The largest absolute Gasteiger partial charge is 0.495 e. The quantitative estimate of drug-likeness (QED) is 0.835. The van der Waals surface area contributed by atoms with Gasteiger partial charge in [-0.2, -0.15) is 0 Å². The van der Waals surface area contributed by atoms with Crippen molar-refractivity contribution < 1.29 is 19.1 Å². The second kappa shape index (κ2) is 6.26. The van der Waals surface area contributed by atoms with E-state index in [1.807, 2.05) is 0 Å². The van der Waals surface area contributed by atoms with E-state index in [9.17, 15) is 9.59 Å². The number of benzene rings is 1. The van der Waals surface area contributed by atoms with Gasteiger partial charge in [0.25, 0.3) is 0 Å². The summed E-state index contributed by atoms with van der Waals surface area (Å²) in [4.78, 5) is 22.4. The minimum Gasteiger partial charge on any atom is -0.495 e. The summed E-state index contributed by atoms with van der Waals surface area (Å²) in [5.74, 6) is 0.134. The number of ether oxygens (including phenoxy) is 2. The van der Waals surface area contributed by atoms with Gasteiger partial charge >= 0.3 is 0 Å². The molecule has 0 spiro atoms. The third-order valence-corrected chi connectivity index (χ3v) is 2.56. The van der Waals surface area contributed by atoms with Crippen molar-refractivity contribution in [3.8, 4) is 11.5 Å². The van der Waals surface area contributed by atoms with Crippen molar-refractivity contribution in [2.75, 3.05) is 19.5 Å². The standard InChI is InChI=1S/C12H14ClNO4/c1-7(15)6-10(16)14-12-9(18-3)5-4-8(17-2)11(12)13/h4-5H,6H2,1-3H3,(H,14,16). The maximum absolute atomic E-state index is 11.6. The number of carbonyl (C=O) groups excluding carboxylic acids is 2. The highest BCUT2D eigenvalue weighted by Crippen LogP contribution is 2.39. The lowest BCUT2D eigenvalue weighted by molar-refractivity contribution is -0.124. The van der Waals surface area contributed by atoms with Crippen molar-refractivity contribution in [1.29, 1.82) is 0 Å². The molecule has 0 saturated heterocycles. The van der Waals surface area contributed by atoms with E-state index in [1.54, 1.807) is 12.1 Å². The summed E-state index contributed by atoms with van der Waals surface area (Å²) < 4.78 is 10.1. The predicted molar refractivity (Wildman–Crippen MR) is 68.5 cm³/mol. The molecule has 1 aromatic rings. The number of rotatable bonds is 5. The maximum Gasteiger partial charge on any atom is 0.231 e. The highest BCUT2D eigenvalue weighted by Gasteiger charge is 2.16. The molecule has 1 rings (SSSR count). The molecular formula is C12H14ClNO4. The van der Waals surface area contributed by atoms with Crippen molar-refractivity contribution in [3.63, 3.8) is 0 Å². The summed E-state index contributed by atoms with van der Waals surface area (Å²) in [5, 5.41) is 2.77. The van der Waals surface area contributed by atoms with Crippen LogP contribution in [-0.2, 0) is 9.59 Å². The SMILES string of the molecule is COc1ccc(OC)c(NC(=O)CC(C)=O)c1Cl. The monoisotopic (exact) mass is 271 g/mol. The molecule has 0 bridgehead atoms. The highest BCUT2D eigenvalue weighted by molar-refractivity contribution is 6.35. The molecule has 18 heavy (non-hydrogen) atoms. The number of anilines is 1. The topological polar surface area (TPSA) is 64.6 Å². The summed E-state index contributed by atoms with van der Waals surface area (Å²) in [7, 11) is 2.92. The molecule has 0 aliphatic rings. The minimum atomic E-state index is -0.448. The number of ketones is 1. The van der Waals surface area contributed by atoms with Crippen LogP contribution in [0.1, 0.15) is 13.3 Å². The molecule has 1 amide bonds. The number of hydrogen-bond acceptors (Lipinski definition) is 4. The van der Waals surface area contributed by atoms with Gasteiger partial charge in [-0.1, -0.05) is 11.6 Å². The molecule has 0 atom stereocenters. The maximum atomic E-state index is 11.6. The fourth-order valence-electron chi connectivity index (χ4n) is 1.39. The van der Waals surface area contributed by atoms with E-state index in [-0.39, 0.29) is 17.2 Å². The van der Waals surface area contributed by atoms with Gasteiger partial charge < -0.3 is 14.8 Å². The Bertz CT molecular complexity index is 473. The molecule has 0 aromatic heterocycles. The first-order valence-electron chi connectivity index (χ1n) is 5.19. The van der Waals surface area contributed by atoms with Gasteiger partial charge in [0.2, 0.25) is 5.91 Å². The molecule has 0 unspecified atom stereocenters. The number of halogens is 1. The molecule has 5 nitrogen and oxygen atoms in total. The first-order chi connectivity index (χ1) is 8.49. The van der Waals surface area contributed by atoms with E-state index in [4.69, 9.17) is 21.1 Å². The second-order valence-electron chi connectivity index (χ2n) is 3.59. The lowest BCUT2D eigenvalue weighted by Gasteiger charge is -2.13. The molecule has 0 saturated carbocycles. The van der Waals surface area contributed by atoms with Gasteiger partial charge in [0.1, 0.15) is 28.0 Å². The van der Waals surface area contributed by atoms with Gasteiger partial charge in [0.05, 0.1) is 20.6 Å². The van der Waals surface area contributed by atoms with Gasteiger partial charge in [-0.25, -0.2) is 0 Å². The Balaban J connectivity index is 3.05. The summed E-state index contributed by atoms with van der Waals surface area (Å²) >= 11 is 6.07. The van der Waals surface area contributed by atoms with E-state index in [2.05, 4.69) is 5.32 Å². The third kappa shape index (κ3) is 3.37. The van der Waals surface area contributed by atoms with E-state index < -0.39 is 5.91 Å². The molecule has 98 valence electrons. The van der Waals surface area contributed by atoms with Crippen LogP contribution in [-0.4, -0.2) is 25.9 Å². The van der Waals surface area contributed by atoms with Crippen LogP contribution in [0, 0.1) is 0 Å². The number of carbonyl (C=O) groups is 2. The van der Waals surface area contributed by atoms with E-state index in [1.165, 1.54) is 21.1 Å². The molecule has 1 N–H and O–H groups in total. The van der Waals surface area contributed by atoms with Gasteiger partial charge in [-0.3, -0.25) is 9.59 Å². The first kappa shape index (κ1) is 14.3. The van der Waals surface area contributed by atoms with Crippen LogP contribution in [0.2, 0.25) is 5.02 Å². The van der Waals surface area contributed by atoms with Crippen molar-refractivity contribution in [2.45, 2.75) is 13.3 Å². The van der Waals surface area contributed by atoms with Gasteiger partial charge in [-0.05, 0) is 19.1 Å². The van der Waals surface area contributed by atoms with E-state index in [0.717, 1.165) is 0 Å². The van der Waals surface area contributed by atoms with Crippen molar-refractivity contribution in [1.82, 2.24) is 0 Å². The first-order valence-corrected chi connectivity index (χ1v) is 5.57. The average Bonchev–Trinajstić information content (AvgIpc) is 2.30. The van der Waals surface area contributed by atoms with Crippen molar-refractivity contribution >= 4 is 29.0 Å². The summed E-state index contributed by atoms with van der Waals surface area (Å²) in [6.45, 7) is 1.34. The van der Waals surface area contributed by atoms with Gasteiger partial charge in [0.15, 0.2) is 0 Å². The zero-order valence-electron chi connectivity index (χ0n) is 10.4. The molecule has 0 aliphatic carbocycles. The molecular weight excluding hydrogens is 258 g/mol. The van der Waals surface area contributed by atoms with Crippen molar-refractivity contribution in [2.24, 2.45) is 0 Å². The Labute approximate surface area is 110 Å². The van der Waals surface area contributed by atoms with E-state index >= 15 is 0 Å². The van der Waals surface area contributed by atoms with Crippen LogP contribution in [0.3, 0.4) is 0 Å². The zero-order valence-corrected chi connectivity index (χ0v) is 11.1. The molecule has 0 aliphatic heterocycles. The lowest BCUT2D eigenvalue weighted by Crippen LogP contribution is -2.15. The number of Topliss-reactive ketones (excluding diaryl/α,β-unsaturated/α-hetero) is 1. The van der Waals surface area contributed by atoms with Crippen LogP contribution >= 0.6 is 11.6 Å². The van der Waals surface area contributed by atoms with Crippen LogP contribution in [0.4, 0.5) is 5.69 Å².